The van der Waals surface area contributed by atoms with Gasteiger partial charge in [-0.2, -0.15) is 0 Å². The topological polar surface area (TPSA) is 29.3 Å². The maximum Gasteiger partial charge on any atom is 0.0328 e. The average molecular weight is 216 g/mol. The van der Waals surface area contributed by atoms with Crippen LogP contribution in [0.5, 0.6) is 0 Å². The fraction of sp³-hybridized carbons (Fsp3) is 0.571. The van der Waals surface area contributed by atoms with E-state index in [-0.39, 0.29) is 5.54 Å². The third-order valence-electron chi connectivity index (χ3n) is 4.11. The number of nitrogens with two attached hydrogens (primary N) is 1. The van der Waals surface area contributed by atoms with Crippen LogP contribution in [0.1, 0.15) is 24.5 Å². The Kier molecular flexibility index (Phi) is 2.30. The standard InChI is InChI=1S/C14H20N2/c1-2-11-3-5-12(6-4-11)8-16-9-13-7-14(13,15)10-16/h3-6,13H,2,7-10,15H2,1H3/t13-,14-/m1/s1. The number of hydrogen-bond donors (Lipinski definition) is 1. The van der Waals surface area contributed by atoms with E-state index in [1.807, 2.05) is 0 Å². The van der Waals surface area contributed by atoms with Crippen LogP contribution in [0.15, 0.2) is 24.3 Å². The van der Waals surface area contributed by atoms with Crippen LogP contribution in [0, 0.1) is 5.92 Å². The Balaban J connectivity index is 1.62. The fourth-order valence-corrected chi connectivity index (χ4v) is 2.89. The summed E-state index contributed by atoms with van der Waals surface area (Å²) < 4.78 is 0. The minimum Gasteiger partial charge on any atom is -0.324 e. The Morgan fingerprint density at radius 1 is 1.31 bits per heavy atom. The predicted octanol–water partition coefficient (Wildman–Crippen LogP) is 1.78. The second-order valence-electron chi connectivity index (χ2n) is 5.47. The Bertz CT molecular complexity index is 384. The zero-order valence-electron chi connectivity index (χ0n) is 9.95. The Morgan fingerprint density at radius 2 is 2.00 bits per heavy atom. The van der Waals surface area contributed by atoms with E-state index >= 15 is 0 Å². The highest BCUT2D eigenvalue weighted by atomic mass is 15.2. The van der Waals surface area contributed by atoms with Crippen LogP contribution in [0.4, 0.5) is 0 Å². The molecule has 1 saturated carbocycles. The van der Waals surface area contributed by atoms with E-state index in [1.54, 1.807) is 0 Å². The molecule has 16 heavy (non-hydrogen) atoms. The molecule has 2 heteroatoms. The molecule has 0 amide bonds. The number of nitrogens with zero attached hydrogens (tertiary/aromatic N) is 1. The maximum atomic E-state index is 6.20. The normalized spacial score (nSPS) is 32.8. The van der Waals surface area contributed by atoms with Crippen LogP contribution in [0.3, 0.4) is 0 Å². The summed E-state index contributed by atoms with van der Waals surface area (Å²) in [5, 5.41) is 0. The van der Waals surface area contributed by atoms with Crippen LogP contribution in [0.25, 0.3) is 0 Å². The molecule has 2 aliphatic rings. The second-order valence-corrected chi connectivity index (χ2v) is 5.47. The quantitative estimate of drug-likeness (QED) is 0.834. The number of fused-ring (bicyclic) bond motifs is 1. The molecule has 1 aliphatic carbocycles. The molecule has 0 unspecified atom stereocenters. The maximum absolute atomic E-state index is 6.20. The van der Waals surface area contributed by atoms with Gasteiger partial charge in [0.1, 0.15) is 0 Å². The van der Waals surface area contributed by atoms with E-state index in [1.165, 1.54) is 24.1 Å². The van der Waals surface area contributed by atoms with E-state index in [2.05, 4.69) is 36.1 Å². The molecule has 1 aromatic carbocycles. The number of aryl methyl sites for hydroxylation is 1. The third-order valence-corrected chi connectivity index (χ3v) is 4.11. The SMILES string of the molecule is CCc1ccc(CN2C[C@H]3C[C@@]3(N)C2)cc1. The van der Waals surface area contributed by atoms with E-state index in [0.29, 0.717) is 0 Å². The van der Waals surface area contributed by atoms with Gasteiger partial charge in [-0.3, -0.25) is 4.90 Å². The first-order valence-corrected chi connectivity index (χ1v) is 6.29. The van der Waals surface area contributed by atoms with Crippen LogP contribution in [0.2, 0.25) is 0 Å². The lowest BCUT2D eigenvalue weighted by Gasteiger charge is -2.19. The third kappa shape index (κ3) is 1.76. The molecule has 1 aliphatic heterocycles. The zero-order chi connectivity index (χ0) is 11.2. The molecule has 1 heterocycles. The Labute approximate surface area is 97.4 Å². The van der Waals surface area contributed by atoms with Crippen molar-refractivity contribution in [1.29, 1.82) is 0 Å². The van der Waals surface area contributed by atoms with Crippen molar-refractivity contribution in [2.75, 3.05) is 13.1 Å². The highest BCUT2D eigenvalue weighted by Crippen LogP contribution is 2.47. The molecule has 2 N–H and O–H groups in total. The van der Waals surface area contributed by atoms with Crippen molar-refractivity contribution in [3.8, 4) is 0 Å². The molecular weight excluding hydrogens is 196 g/mol. The fourth-order valence-electron chi connectivity index (χ4n) is 2.89. The molecule has 0 aromatic heterocycles. The van der Waals surface area contributed by atoms with Gasteiger partial charge in [-0.15, -0.1) is 0 Å². The molecule has 86 valence electrons. The summed E-state index contributed by atoms with van der Waals surface area (Å²) in [5.41, 5.74) is 9.22. The molecule has 1 aromatic rings. The van der Waals surface area contributed by atoms with Crippen molar-refractivity contribution in [3.05, 3.63) is 35.4 Å². The molecule has 2 nitrogen and oxygen atoms in total. The van der Waals surface area contributed by atoms with Gasteiger partial charge in [-0.05, 0) is 29.9 Å². The molecule has 2 fully saturated rings. The summed E-state index contributed by atoms with van der Waals surface area (Å²) in [4.78, 5) is 2.50. The molecule has 0 spiro atoms. The summed E-state index contributed by atoms with van der Waals surface area (Å²) >= 11 is 0. The number of piperidine rings is 1. The van der Waals surface area contributed by atoms with Gasteiger partial charge in [0.05, 0.1) is 0 Å². The smallest absolute Gasteiger partial charge is 0.0328 e. The van der Waals surface area contributed by atoms with Crippen LogP contribution in [-0.2, 0) is 13.0 Å². The first kappa shape index (κ1) is 10.3. The van der Waals surface area contributed by atoms with Crippen molar-refractivity contribution in [1.82, 2.24) is 4.90 Å². The molecule has 3 rings (SSSR count). The monoisotopic (exact) mass is 216 g/mol. The van der Waals surface area contributed by atoms with Gasteiger partial charge >= 0.3 is 0 Å². The van der Waals surface area contributed by atoms with Gasteiger partial charge in [0.2, 0.25) is 0 Å². The van der Waals surface area contributed by atoms with E-state index in [4.69, 9.17) is 5.73 Å². The van der Waals surface area contributed by atoms with Gasteiger partial charge in [0.25, 0.3) is 0 Å². The molecule has 1 saturated heterocycles. The Hall–Kier alpha value is -0.860. The van der Waals surface area contributed by atoms with Gasteiger partial charge in [0, 0.05) is 25.2 Å². The van der Waals surface area contributed by atoms with Crippen LogP contribution in [-0.4, -0.2) is 23.5 Å². The number of benzene rings is 1. The highest BCUT2D eigenvalue weighted by Gasteiger charge is 2.56. The predicted molar refractivity (Wildman–Crippen MR) is 66.1 cm³/mol. The molecular formula is C14H20N2. The van der Waals surface area contributed by atoms with Crippen LogP contribution < -0.4 is 5.73 Å². The van der Waals surface area contributed by atoms with Crippen molar-refractivity contribution < 1.29 is 0 Å². The van der Waals surface area contributed by atoms with Crippen molar-refractivity contribution in [3.63, 3.8) is 0 Å². The van der Waals surface area contributed by atoms with Gasteiger partial charge in [-0.1, -0.05) is 31.2 Å². The van der Waals surface area contributed by atoms with Gasteiger partial charge < -0.3 is 5.73 Å². The van der Waals surface area contributed by atoms with Gasteiger partial charge in [-0.25, -0.2) is 0 Å². The number of likely N-dealkylation sites (tertiary alicyclic amines) is 1. The summed E-state index contributed by atoms with van der Waals surface area (Å²) in [6.07, 6.45) is 2.37. The van der Waals surface area contributed by atoms with E-state index in [0.717, 1.165) is 25.4 Å². The van der Waals surface area contributed by atoms with Crippen molar-refractivity contribution in [2.45, 2.75) is 31.8 Å². The molecule has 0 radical (unpaired) electrons. The summed E-state index contributed by atoms with van der Waals surface area (Å²) in [6.45, 7) is 5.56. The van der Waals surface area contributed by atoms with E-state index < -0.39 is 0 Å². The molecule has 0 bridgehead atoms. The lowest BCUT2D eigenvalue weighted by Crippen LogP contribution is -2.32. The molecule has 2 atom stereocenters. The van der Waals surface area contributed by atoms with Crippen molar-refractivity contribution >= 4 is 0 Å². The first-order valence-electron chi connectivity index (χ1n) is 6.29. The average Bonchev–Trinajstić information content (AvgIpc) is 2.79. The highest BCUT2D eigenvalue weighted by molar-refractivity contribution is 5.23. The van der Waals surface area contributed by atoms with Crippen molar-refractivity contribution in [2.24, 2.45) is 11.7 Å². The van der Waals surface area contributed by atoms with Gasteiger partial charge in [0.15, 0.2) is 0 Å². The lowest BCUT2D eigenvalue weighted by atomic mass is 10.1. The summed E-state index contributed by atoms with van der Waals surface area (Å²) in [6, 6.07) is 8.99. The summed E-state index contributed by atoms with van der Waals surface area (Å²) in [5.74, 6) is 0.780. The lowest BCUT2D eigenvalue weighted by molar-refractivity contribution is 0.290. The largest absolute Gasteiger partial charge is 0.324 e. The zero-order valence-corrected chi connectivity index (χ0v) is 9.95. The van der Waals surface area contributed by atoms with E-state index in [9.17, 15) is 0 Å². The first-order chi connectivity index (χ1) is 7.69. The van der Waals surface area contributed by atoms with Crippen LogP contribution >= 0.6 is 0 Å². The minimum absolute atomic E-state index is 0.184. The Morgan fingerprint density at radius 3 is 2.56 bits per heavy atom. The minimum atomic E-state index is 0.184. The number of hydrogen-bond acceptors (Lipinski definition) is 2. The summed E-state index contributed by atoms with van der Waals surface area (Å²) in [7, 11) is 0. The number of rotatable bonds is 3. The second kappa shape index (κ2) is 3.57.